The van der Waals surface area contributed by atoms with Crippen molar-refractivity contribution in [3.8, 4) is 0 Å². The Hall–Kier alpha value is -0.660. The Morgan fingerprint density at radius 2 is 1.95 bits per heavy atom. The van der Waals surface area contributed by atoms with Crippen LogP contribution in [0.5, 0.6) is 0 Å². The van der Waals surface area contributed by atoms with Gasteiger partial charge in [0.1, 0.15) is 0 Å². The minimum atomic E-state index is -3.24. The molecular weight excluding hydrogens is 278 g/mol. The molecule has 2 aliphatic rings. The Morgan fingerprint density at radius 3 is 2.45 bits per heavy atom. The van der Waals surface area contributed by atoms with E-state index in [1.54, 1.807) is 7.05 Å². The van der Waals surface area contributed by atoms with Crippen LogP contribution in [0, 0.1) is 11.8 Å². The molecular formula is C13H25N3O3S. The first-order valence-electron chi connectivity index (χ1n) is 7.29. The van der Waals surface area contributed by atoms with E-state index in [-0.39, 0.29) is 11.8 Å². The Balaban J connectivity index is 2.05. The van der Waals surface area contributed by atoms with Crippen molar-refractivity contribution < 1.29 is 13.2 Å². The van der Waals surface area contributed by atoms with Crippen LogP contribution in [0.4, 0.5) is 0 Å². The van der Waals surface area contributed by atoms with E-state index < -0.39 is 10.0 Å². The highest BCUT2D eigenvalue weighted by molar-refractivity contribution is 7.88. The Kier molecular flexibility index (Phi) is 5.04. The van der Waals surface area contributed by atoms with Gasteiger partial charge in [-0.3, -0.25) is 4.79 Å². The van der Waals surface area contributed by atoms with Crippen LogP contribution < -0.4 is 5.32 Å². The van der Waals surface area contributed by atoms with Gasteiger partial charge in [-0.05, 0) is 18.8 Å². The number of amides is 1. The fourth-order valence-corrected chi connectivity index (χ4v) is 3.79. The van der Waals surface area contributed by atoms with Crippen molar-refractivity contribution in [3.63, 3.8) is 0 Å². The van der Waals surface area contributed by atoms with Crippen LogP contribution in [0.3, 0.4) is 0 Å². The fourth-order valence-electron chi connectivity index (χ4n) is 2.93. The highest BCUT2D eigenvalue weighted by Crippen LogP contribution is 2.27. The van der Waals surface area contributed by atoms with Gasteiger partial charge >= 0.3 is 0 Å². The van der Waals surface area contributed by atoms with E-state index in [1.807, 2.05) is 0 Å². The molecule has 2 rings (SSSR count). The van der Waals surface area contributed by atoms with Gasteiger partial charge in [-0.15, -0.1) is 0 Å². The zero-order valence-corrected chi connectivity index (χ0v) is 13.2. The third-order valence-corrected chi connectivity index (χ3v) is 5.67. The summed E-state index contributed by atoms with van der Waals surface area (Å²) in [5.41, 5.74) is 0. The molecule has 6 nitrogen and oxygen atoms in total. The molecule has 0 aromatic carbocycles. The van der Waals surface area contributed by atoms with Gasteiger partial charge in [0.15, 0.2) is 0 Å². The standard InChI is InChI=1S/C13H25N3O3S/c1-14-13(17)12-9-15(8-11-4-3-5-11)6-7-16(10-12)20(2,18)19/h11-12H,3-10H2,1-2H3,(H,14,17). The molecule has 1 N–H and O–H groups in total. The van der Waals surface area contributed by atoms with Crippen molar-refractivity contribution in [1.82, 2.24) is 14.5 Å². The van der Waals surface area contributed by atoms with Crippen molar-refractivity contribution in [3.05, 3.63) is 0 Å². The van der Waals surface area contributed by atoms with Gasteiger partial charge in [-0.25, -0.2) is 12.7 Å². The van der Waals surface area contributed by atoms with Gasteiger partial charge < -0.3 is 10.2 Å². The lowest BCUT2D eigenvalue weighted by Gasteiger charge is -2.32. The maximum atomic E-state index is 11.9. The number of rotatable bonds is 4. The van der Waals surface area contributed by atoms with E-state index in [4.69, 9.17) is 0 Å². The van der Waals surface area contributed by atoms with E-state index in [0.29, 0.717) is 19.6 Å². The number of nitrogens with zero attached hydrogens (tertiary/aromatic N) is 2. The van der Waals surface area contributed by atoms with E-state index in [0.717, 1.165) is 19.0 Å². The molecule has 0 radical (unpaired) electrons. The monoisotopic (exact) mass is 303 g/mol. The zero-order chi connectivity index (χ0) is 14.8. The average molecular weight is 303 g/mol. The Labute approximate surface area is 121 Å². The molecule has 1 amide bonds. The minimum Gasteiger partial charge on any atom is -0.359 e. The van der Waals surface area contributed by atoms with Gasteiger partial charge in [-0.2, -0.15) is 0 Å². The molecule has 0 aromatic heterocycles. The van der Waals surface area contributed by atoms with Crippen molar-refractivity contribution in [2.45, 2.75) is 19.3 Å². The zero-order valence-electron chi connectivity index (χ0n) is 12.3. The SMILES string of the molecule is CNC(=O)C1CN(CC2CCC2)CCN(S(C)(=O)=O)C1. The molecule has 1 saturated heterocycles. The first kappa shape index (κ1) is 15.7. The second kappa shape index (κ2) is 6.41. The maximum absolute atomic E-state index is 11.9. The van der Waals surface area contributed by atoms with Gasteiger partial charge in [0, 0.05) is 39.8 Å². The topological polar surface area (TPSA) is 69.7 Å². The number of hydrogen-bond donors (Lipinski definition) is 1. The average Bonchev–Trinajstić information content (AvgIpc) is 2.55. The van der Waals surface area contributed by atoms with Crippen LogP contribution in [0.2, 0.25) is 0 Å². The number of sulfonamides is 1. The molecule has 116 valence electrons. The summed E-state index contributed by atoms with van der Waals surface area (Å²) in [5, 5.41) is 2.65. The third-order valence-electron chi connectivity index (χ3n) is 4.40. The molecule has 7 heteroatoms. The quantitative estimate of drug-likeness (QED) is 0.776. The molecule has 1 aliphatic carbocycles. The van der Waals surface area contributed by atoms with Crippen LogP contribution >= 0.6 is 0 Å². The van der Waals surface area contributed by atoms with Gasteiger partial charge in [-0.1, -0.05) is 6.42 Å². The smallest absolute Gasteiger partial charge is 0.225 e. The van der Waals surface area contributed by atoms with Crippen molar-refractivity contribution in [1.29, 1.82) is 0 Å². The molecule has 0 aromatic rings. The highest BCUT2D eigenvalue weighted by Gasteiger charge is 2.32. The van der Waals surface area contributed by atoms with Crippen LogP contribution in [-0.2, 0) is 14.8 Å². The largest absolute Gasteiger partial charge is 0.359 e. The van der Waals surface area contributed by atoms with Crippen LogP contribution in [0.1, 0.15) is 19.3 Å². The van der Waals surface area contributed by atoms with E-state index in [1.165, 1.54) is 29.8 Å². The van der Waals surface area contributed by atoms with E-state index >= 15 is 0 Å². The Morgan fingerprint density at radius 1 is 1.25 bits per heavy atom. The Bertz CT molecular complexity index is 448. The molecule has 1 saturated carbocycles. The lowest BCUT2D eigenvalue weighted by molar-refractivity contribution is -0.125. The first-order valence-corrected chi connectivity index (χ1v) is 9.14. The summed E-state index contributed by atoms with van der Waals surface area (Å²) >= 11 is 0. The summed E-state index contributed by atoms with van der Waals surface area (Å²) in [6.07, 6.45) is 5.04. The van der Waals surface area contributed by atoms with Crippen LogP contribution in [0.25, 0.3) is 0 Å². The molecule has 1 unspecified atom stereocenters. The van der Waals surface area contributed by atoms with Crippen molar-refractivity contribution in [2.75, 3.05) is 46.0 Å². The lowest BCUT2D eigenvalue weighted by atomic mass is 9.85. The summed E-state index contributed by atoms with van der Waals surface area (Å²) in [4.78, 5) is 14.2. The van der Waals surface area contributed by atoms with Crippen molar-refractivity contribution in [2.24, 2.45) is 11.8 Å². The summed E-state index contributed by atoms with van der Waals surface area (Å²) in [5.74, 6) is 0.376. The predicted molar refractivity (Wildman–Crippen MR) is 77.8 cm³/mol. The van der Waals surface area contributed by atoms with E-state index in [2.05, 4.69) is 10.2 Å². The van der Waals surface area contributed by atoms with Crippen molar-refractivity contribution >= 4 is 15.9 Å². The van der Waals surface area contributed by atoms with E-state index in [9.17, 15) is 13.2 Å². The number of hydrogen-bond acceptors (Lipinski definition) is 4. The molecule has 1 heterocycles. The number of nitrogens with one attached hydrogen (secondary N) is 1. The van der Waals surface area contributed by atoms with Gasteiger partial charge in [0.2, 0.25) is 15.9 Å². The van der Waals surface area contributed by atoms with Crippen LogP contribution in [0.15, 0.2) is 0 Å². The second-order valence-electron chi connectivity index (χ2n) is 5.99. The third kappa shape index (κ3) is 3.93. The highest BCUT2D eigenvalue weighted by atomic mass is 32.2. The first-order chi connectivity index (χ1) is 9.40. The summed E-state index contributed by atoms with van der Waals surface area (Å²) in [7, 11) is -1.64. The van der Waals surface area contributed by atoms with Crippen LogP contribution in [-0.4, -0.2) is 69.6 Å². The van der Waals surface area contributed by atoms with Gasteiger partial charge in [0.05, 0.1) is 12.2 Å². The number of carbonyl (C=O) groups excluding carboxylic acids is 1. The fraction of sp³-hybridized carbons (Fsp3) is 0.923. The summed E-state index contributed by atoms with van der Waals surface area (Å²) in [6, 6.07) is 0. The molecule has 2 fully saturated rings. The predicted octanol–water partition coefficient (Wildman–Crippen LogP) is -0.274. The molecule has 0 spiro atoms. The molecule has 1 atom stereocenters. The second-order valence-corrected chi connectivity index (χ2v) is 7.97. The minimum absolute atomic E-state index is 0.0702. The number of carbonyl (C=O) groups is 1. The molecule has 20 heavy (non-hydrogen) atoms. The normalized spacial score (nSPS) is 26.8. The maximum Gasteiger partial charge on any atom is 0.225 e. The van der Waals surface area contributed by atoms with Gasteiger partial charge in [0.25, 0.3) is 0 Å². The summed E-state index contributed by atoms with van der Waals surface area (Å²) in [6.45, 7) is 3.14. The molecule has 1 aliphatic heterocycles. The molecule has 0 bridgehead atoms. The summed E-state index contributed by atoms with van der Waals surface area (Å²) < 4.78 is 25.0. The lowest BCUT2D eigenvalue weighted by Crippen LogP contribution is -2.42.